The normalized spacial score (nSPS) is 15.2. The second kappa shape index (κ2) is 11.9. The molecule has 2 aromatic carbocycles. The number of hydrogen-bond donors (Lipinski definition) is 2. The van der Waals surface area contributed by atoms with Crippen LogP contribution in [0.1, 0.15) is 47.0 Å². The minimum Gasteiger partial charge on any atom is -0.381 e. The Morgan fingerprint density at radius 3 is 2.67 bits per heavy atom. The molecule has 2 N–H and O–H groups in total. The average Bonchev–Trinajstić information content (AvgIpc) is 3.51. The van der Waals surface area contributed by atoms with Crippen molar-refractivity contribution in [3.05, 3.63) is 94.1 Å². The number of carbonyl (C=O) groups excluding carboxylic acids is 2. The average molecular weight is 537 g/mol. The van der Waals surface area contributed by atoms with E-state index in [2.05, 4.69) is 32.4 Å². The van der Waals surface area contributed by atoms with Gasteiger partial charge in [-0.2, -0.15) is 0 Å². The van der Waals surface area contributed by atoms with E-state index in [1.54, 1.807) is 44.2 Å². The summed E-state index contributed by atoms with van der Waals surface area (Å²) in [5.74, 6) is 5.68. The van der Waals surface area contributed by atoms with Crippen LogP contribution in [0.15, 0.2) is 65.7 Å². The maximum absolute atomic E-state index is 14.0. The third-order valence-corrected chi connectivity index (χ3v) is 6.64. The molecule has 0 radical (unpaired) electrons. The highest BCUT2D eigenvalue weighted by molar-refractivity contribution is 5.93. The summed E-state index contributed by atoms with van der Waals surface area (Å²) in [6.07, 6.45) is 3.68. The van der Waals surface area contributed by atoms with Gasteiger partial charge in [0, 0.05) is 24.6 Å². The van der Waals surface area contributed by atoms with Crippen molar-refractivity contribution < 1.29 is 14.3 Å². The van der Waals surface area contributed by atoms with E-state index in [-0.39, 0.29) is 29.6 Å². The summed E-state index contributed by atoms with van der Waals surface area (Å²) < 4.78 is 6.76. The Balaban J connectivity index is 1.51. The number of aryl methyl sites for hydroxylation is 1. The van der Waals surface area contributed by atoms with Crippen molar-refractivity contribution in [2.24, 2.45) is 5.92 Å². The zero-order valence-electron chi connectivity index (χ0n) is 22.2. The maximum atomic E-state index is 14.0. The largest absolute Gasteiger partial charge is 0.381 e. The Bertz CT molecular complexity index is 1680. The number of benzene rings is 2. The van der Waals surface area contributed by atoms with Crippen molar-refractivity contribution in [3.63, 3.8) is 0 Å². The van der Waals surface area contributed by atoms with Gasteiger partial charge in [0.15, 0.2) is 0 Å². The lowest BCUT2D eigenvalue weighted by Gasteiger charge is -2.20. The predicted molar refractivity (Wildman–Crippen MR) is 149 cm³/mol. The van der Waals surface area contributed by atoms with Gasteiger partial charge in [0.2, 0.25) is 5.91 Å². The van der Waals surface area contributed by atoms with Gasteiger partial charge in [-0.05, 0) is 44.5 Å². The molecule has 0 unspecified atom stereocenters. The number of para-hydroxylation sites is 1. The van der Waals surface area contributed by atoms with E-state index >= 15 is 0 Å². The number of nitrogens with one attached hydrogen (secondary N) is 2. The Hall–Kier alpha value is -4.88. The number of nitrogens with zero attached hydrogens (tertiary/aromatic N) is 4. The molecule has 10 heteroatoms. The Kier molecular flexibility index (Phi) is 7.94. The zero-order chi connectivity index (χ0) is 28.1. The number of hydrogen-bond acceptors (Lipinski definition) is 7. The van der Waals surface area contributed by atoms with Gasteiger partial charge < -0.3 is 15.4 Å². The second-order valence-corrected chi connectivity index (χ2v) is 9.41. The molecule has 40 heavy (non-hydrogen) atoms. The van der Waals surface area contributed by atoms with Crippen LogP contribution in [0.5, 0.6) is 0 Å². The number of rotatable bonds is 6. The van der Waals surface area contributed by atoms with Gasteiger partial charge in [0.05, 0.1) is 47.4 Å². The molecule has 5 rings (SSSR count). The van der Waals surface area contributed by atoms with Crippen molar-refractivity contribution in [2.45, 2.75) is 26.3 Å². The lowest BCUT2D eigenvalue weighted by molar-refractivity contribution is -0.124. The minimum absolute atomic E-state index is 0.0878. The van der Waals surface area contributed by atoms with Crippen LogP contribution in [0.25, 0.3) is 16.6 Å². The van der Waals surface area contributed by atoms with Gasteiger partial charge in [-0.15, -0.1) is 0 Å². The Morgan fingerprint density at radius 1 is 1.12 bits per heavy atom. The van der Waals surface area contributed by atoms with E-state index in [9.17, 15) is 14.4 Å². The van der Waals surface area contributed by atoms with Gasteiger partial charge in [0.25, 0.3) is 11.5 Å². The minimum atomic E-state index is -0.643. The molecule has 0 bridgehead atoms. The zero-order valence-corrected chi connectivity index (χ0v) is 22.2. The Labute approximate surface area is 230 Å². The summed E-state index contributed by atoms with van der Waals surface area (Å²) in [5.41, 5.74) is 1.92. The van der Waals surface area contributed by atoms with Crippen LogP contribution >= 0.6 is 0 Å². The molecule has 202 valence electrons. The fourth-order valence-corrected chi connectivity index (χ4v) is 4.58. The molecule has 0 aliphatic carbocycles. The fraction of sp³-hybridized carbons (Fsp3) is 0.267. The van der Waals surface area contributed by atoms with E-state index in [1.165, 1.54) is 17.0 Å². The van der Waals surface area contributed by atoms with Gasteiger partial charge in [0.1, 0.15) is 11.5 Å². The number of ether oxygens (including phenoxy) is 1. The van der Waals surface area contributed by atoms with E-state index in [0.29, 0.717) is 53.3 Å². The molecule has 3 heterocycles. The molecule has 1 aliphatic heterocycles. The van der Waals surface area contributed by atoms with Crippen LogP contribution in [0.3, 0.4) is 0 Å². The van der Waals surface area contributed by atoms with Crippen LogP contribution in [0, 0.1) is 24.7 Å². The van der Waals surface area contributed by atoms with Crippen molar-refractivity contribution >= 4 is 22.7 Å². The third kappa shape index (κ3) is 5.60. The van der Waals surface area contributed by atoms with Crippen LogP contribution < -0.4 is 16.2 Å². The summed E-state index contributed by atoms with van der Waals surface area (Å²) in [4.78, 5) is 52.4. The highest BCUT2D eigenvalue weighted by Gasteiger charge is 2.23. The quantitative estimate of drug-likeness (QED) is 0.362. The topological polar surface area (TPSA) is 128 Å². The second-order valence-electron chi connectivity index (χ2n) is 9.41. The first-order chi connectivity index (χ1) is 19.4. The predicted octanol–water partition coefficient (Wildman–Crippen LogP) is 2.48. The highest BCUT2D eigenvalue weighted by atomic mass is 16.5. The van der Waals surface area contributed by atoms with E-state index < -0.39 is 11.9 Å². The number of carbonyl (C=O) groups is 2. The number of aromatic nitrogens is 4. The van der Waals surface area contributed by atoms with Crippen LogP contribution in [0.4, 0.5) is 0 Å². The van der Waals surface area contributed by atoms with E-state index in [0.717, 1.165) is 0 Å². The monoisotopic (exact) mass is 536 g/mol. The molecule has 0 spiro atoms. The van der Waals surface area contributed by atoms with Gasteiger partial charge >= 0.3 is 0 Å². The molecule has 2 amide bonds. The molecule has 10 nitrogen and oxygen atoms in total. The molecule has 4 aromatic rings. The summed E-state index contributed by atoms with van der Waals surface area (Å²) in [7, 11) is 0. The summed E-state index contributed by atoms with van der Waals surface area (Å²) >= 11 is 0. The first-order valence-electron chi connectivity index (χ1n) is 13.0. The first kappa shape index (κ1) is 26.7. The van der Waals surface area contributed by atoms with E-state index in [1.807, 2.05) is 18.2 Å². The molecule has 1 aliphatic rings. The molecule has 2 aromatic heterocycles. The highest BCUT2D eigenvalue weighted by Crippen LogP contribution is 2.20. The van der Waals surface area contributed by atoms with Crippen molar-refractivity contribution in [3.8, 4) is 17.5 Å². The standard InChI is InChI=1S/C30H28N6O4/c1-19-26(32-16-15-31-19)29(38)34-20(2)27-35-24-12-6-8-21(9-7-14-33-28(37)22-13-17-40-18-22)25(24)30(39)36(27)23-10-4-3-5-11-23/h3-6,8,10-12,15-16,20,22H,13-14,17-18H2,1-2H3,(H,33,37)(H,34,38)/t20-,22+/m1/s1. The fourth-order valence-electron chi connectivity index (χ4n) is 4.58. The molecular weight excluding hydrogens is 508 g/mol. The number of amides is 2. The molecule has 1 fully saturated rings. The lowest BCUT2D eigenvalue weighted by Crippen LogP contribution is -2.34. The van der Waals surface area contributed by atoms with Gasteiger partial charge in [-0.25, -0.2) is 9.97 Å². The SMILES string of the molecule is Cc1nccnc1C(=O)N[C@H](C)c1nc2cccc(C#CCNC(=O)[C@H]3CCOC3)c2c(=O)n1-c1ccccc1. The smallest absolute Gasteiger partial charge is 0.272 e. The van der Waals surface area contributed by atoms with Crippen molar-refractivity contribution in [2.75, 3.05) is 19.8 Å². The van der Waals surface area contributed by atoms with Crippen molar-refractivity contribution in [1.29, 1.82) is 0 Å². The van der Waals surface area contributed by atoms with Gasteiger partial charge in [-0.1, -0.05) is 36.1 Å². The molecular formula is C30H28N6O4. The third-order valence-electron chi connectivity index (χ3n) is 6.64. The maximum Gasteiger partial charge on any atom is 0.272 e. The van der Waals surface area contributed by atoms with Crippen LogP contribution in [-0.4, -0.2) is 51.1 Å². The summed E-state index contributed by atoms with van der Waals surface area (Å²) in [5, 5.41) is 6.07. The Morgan fingerprint density at radius 2 is 1.93 bits per heavy atom. The van der Waals surface area contributed by atoms with Crippen LogP contribution in [0.2, 0.25) is 0 Å². The van der Waals surface area contributed by atoms with Crippen LogP contribution in [-0.2, 0) is 9.53 Å². The lowest BCUT2D eigenvalue weighted by atomic mass is 10.1. The number of fused-ring (bicyclic) bond motifs is 1. The summed E-state index contributed by atoms with van der Waals surface area (Å²) in [6, 6.07) is 13.7. The summed E-state index contributed by atoms with van der Waals surface area (Å²) in [6.45, 7) is 4.63. The van der Waals surface area contributed by atoms with Crippen molar-refractivity contribution in [1.82, 2.24) is 30.2 Å². The molecule has 1 saturated heterocycles. The van der Waals surface area contributed by atoms with E-state index in [4.69, 9.17) is 9.72 Å². The van der Waals surface area contributed by atoms with Gasteiger partial charge in [-0.3, -0.25) is 23.9 Å². The molecule has 0 saturated carbocycles. The molecule has 2 atom stereocenters. The first-order valence-corrected chi connectivity index (χ1v) is 13.0.